The molecule has 0 aliphatic heterocycles. The van der Waals surface area contributed by atoms with Crippen LogP contribution in [-0.4, -0.2) is 94.0 Å². The van der Waals surface area contributed by atoms with E-state index in [-0.39, 0.29) is 29.7 Å². The fraction of sp³-hybridized carbons (Fsp3) is 0.519. The van der Waals surface area contributed by atoms with Gasteiger partial charge in [-0.15, -0.1) is 0 Å². The fourth-order valence-corrected chi connectivity index (χ4v) is 6.33. The van der Waals surface area contributed by atoms with E-state index in [9.17, 15) is 39.9 Å². The van der Waals surface area contributed by atoms with Crippen molar-refractivity contribution in [2.75, 3.05) is 38.4 Å². The van der Waals surface area contributed by atoms with E-state index in [0.717, 1.165) is 0 Å². The molecule has 0 spiro atoms. The van der Waals surface area contributed by atoms with Gasteiger partial charge in [0, 0.05) is 31.3 Å². The van der Waals surface area contributed by atoms with Crippen LogP contribution >= 0.6 is 0 Å². The molecule has 3 aliphatic carbocycles. The lowest BCUT2D eigenvalue weighted by Gasteiger charge is -2.50. The van der Waals surface area contributed by atoms with E-state index in [2.05, 4.69) is 5.32 Å². The largest absolute Gasteiger partial charge is 0.508 e. The molecule has 0 heterocycles. The van der Waals surface area contributed by atoms with Crippen LogP contribution < -0.4 is 16.0 Å². The molecule has 1 fully saturated rings. The van der Waals surface area contributed by atoms with Gasteiger partial charge in [0.05, 0.1) is 17.3 Å². The highest BCUT2D eigenvalue weighted by Crippen LogP contribution is 2.54. The third-order valence-electron chi connectivity index (χ3n) is 8.06. The summed E-state index contributed by atoms with van der Waals surface area (Å²) in [7, 11) is 6.65. The molecule has 212 valence electrons. The van der Waals surface area contributed by atoms with Gasteiger partial charge in [0.1, 0.15) is 29.1 Å². The zero-order valence-electron chi connectivity index (χ0n) is 22.6. The van der Waals surface area contributed by atoms with Crippen LogP contribution in [0.5, 0.6) is 5.75 Å². The first-order chi connectivity index (χ1) is 18.2. The Hall–Kier alpha value is -3.61. The summed E-state index contributed by atoms with van der Waals surface area (Å²) in [4.78, 5) is 42.5. The Labute approximate surface area is 226 Å². The number of primary amides is 1. The van der Waals surface area contributed by atoms with Crippen LogP contribution in [0.2, 0.25) is 0 Å². The second-order valence-corrected chi connectivity index (χ2v) is 11.0. The van der Waals surface area contributed by atoms with Gasteiger partial charge in [0.15, 0.2) is 11.4 Å². The first-order valence-electron chi connectivity index (χ1n) is 12.8. The van der Waals surface area contributed by atoms with E-state index in [0.29, 0.717) is 24.1 Å². The second kappa shape index (κ2) is 9.85. The number of rotatable bonds is 7. The highest BCUT2D eigenvalue weighted by molar-refractivity contribution is 6.24. The topological polar surface area (TPSA) is 197 Å². The molecule has 1 saturated carbocycles. The lowest BCUT2D eigenvalue weighted by Crippen LogP contribution is -2.65. The molecule has 0 saturated heterocycles. The van der Waals surface area contributed by atoms with Crippen molar-refractivity contribution in [3.63, 3.8) is 0 Å². The minimum absolute atomic E-state index is 0.00854. The summed E-state index contributed by atoms with van der Waals surface area (Å²) in [5, 5.41) is 58.5. The number of anilines is 2. The summed E-state index contributed by atoms with van der Waals surface area (Å²) in [6.45, 7) is 1.89. The molecule has 1 amide bonds. The van der Waals surface area contributed by atoms with Gasteiger partial charge in [-0.1, -0.05) is 13.3 Å². The van der Waals surface area contributed by atoms with Crippen molar-refractivity contribution in [2.24, 2.45) is 17.6 Å². The highest BCUT2D eigenvalue weighted by atomic mass is 16.3. The first kappa shape index (κ1) is 28.4. The fourth-order valence-electron chi connectivity index (χ4n) is 6.33. The summed E-state index contributed by atoms with van der Waals surface area (Å²) in [6.07, 6.45) is 0.277. The zero-order chi connectivity index (χ0) is 29.1. The Morgan fingerprint density at radius 1 is 1.21 bits per heavy atom. The Kier molecular flexibility index (Phi) is 7.17. The molecule has 4 rings (SSSR count). The molecule has 0 aromatic heterocycles. The van der Waals surface area contributed by atoms with Crippen LogP contribution in [0.15, 0.2) is 23.0 Å². The number of Topliss-reactive ketones (excluding diaryl/α,β-unsaturated/α-hetero) is 2. The van der Waals surface area contributed by atoms with Crippen molar-refractivity contribution in [2.45, 2.75) is 50.5 Å². The molecule has 39 heavy (non-hydrogen) atoms. The Morgan fingerprint density at radius 2 is 1.85 bits per heavy atom. The van der Waals surface area contributed by atoms with Gasteiger partial charge >= 0.3 is 0 Å². The van der Waals surface area contributed by atoms with Crippen LogP contribution in [0.4, 0.5) is 11.4 Å². The Morgan fingerprint density at radius 3 is 2.38 bits per heavy atom. The van der Waals surface area contributed by atoms with E-state index in [1.165, 1.54) is 4.90 Å². The molecular formula is C27H36N4O8. The van der Waals surface area contributed by atoms with Gasteiger partial charge in [0.25, 0.3) is 5.91 Å². The maximum absolute atomic E-state index is 14.0. The highest BCUT2D eigenvalue weighted by Gasteiger charge is 2.64. The van der Waals surface area contributed by atoms with Crippen molar-refractivity contribution >= 4 is 34.6 Å². The monoisotopic (exact) mass is 544 g/mol. The number of ketones is 2. The standard InChI is InChI=1S/C27H36N4O8/c1-6-7-16(32)29-14-10-15(30(2)3)12-8-11-9-13-20(31(4)5)23(35)19(26(28)38)25(37)27(13,39)24(36)17(11)22(34)18(12)21(14)33/h10-11,13,16,20,29,32-34,37,39H,6-9H2,1-5H3,(H2,28,38). The van der Waals surface area contributed by atoms with Crippen molar-refractivity contribution in [1.29, 1.82) is 0 Å². The van der Waals surface area contributed by atoms with Crippen molar-refractivity contribution < 1.29 is 39.9 Å². The van der Waals surface area contributed by atoms with Crippen molar-refractivity contribution in [3.8, 4) is 5.75 Å². The van der Waals surface area contributed by atoms with Crippen LogP contribution in [0.3, 0.4) is 0 Å². The van der Waals surface area contributed by atoms with Gasteiger partial charge in [-0.2, -0.15) is 0 Å². The first-order valence-corrected chi connectivity index (χ1v) is 12.8. The minimum atomic E-state index is -2.70. The van der Waals surface area contributed by atoms with Crippen LogP contribution in [-0.2, 0) is 20.8 Å². The molecule has 0 radical (unpaired) electrons. The van der Waals surface area contributed by atoms with E-state index in [1.807, 2.05) is 6.92 Å². The SMILES string of the molecule is CCCC(O)Nc1cc(N(C)C)c2c(c1O)C(O)=C1C(=O)C3(O)C(O)=C(C(N)=O)C(=O)C(N(C)C)C3CC1C2. The maximum atomic E-state index is 14.0. The predicted octanol–water partition coefficient (Wildman–Crippen LogP) is 0.560. The second-order valence-electron chi connectivity index (χ2n) is 11.0. The van der Waals surface area contributed by atoms with E-state index >= 15 is 0 Å². The number of carbonyl (C=O) groups excluding carboxylic acids is 3. The molecule has 5 unspecified atom stereocenters. The lowest BCUT2D eigenvalue weighted by atomic mass is 9.57. The van der Waals surface area contributed by atoms with Gasteiger partial charge in [-0.25, -0.2) is 0 Å². The average molecular weight is 545 g/mol. The molecule has 0 bridgehead atoms. The van der Waals surface area contributed by atoms with E-state index in [1.54, 1.807) is 39.2 Å². The number of likely N-dealkylation sites (N-methyl/N-ethyl adjacent to an activating group) is 1. The van der Waals surface area contributed by atoms with Crippen LogP contribution in [0.25, 0.3) is 5.76 Å². The molecule has 3 aliphatic rings. The summed E-state index contributed by atoms with van der Waals surface area (Å²) in [5.41, 5.74) is 2.84. The van der Waals surface area contributed by atoms with Crippen molar-refractivity contribution in [3.05, 3.63) is 34.1 Å². The number of benzene rings is 1. The molecule has 5 atom stereocenters. The number of aliphatic hydroxyl groups is 4. The van der Waals surface area contributed by atoms with Gasteiger partial charge in [-0.3, -0.25) is 19.3 Å². The summed E-state index contributed by atoms with van der Waals surface area (Å²) < 4.78 is 0. The van der Waals surface area contributed by atoms with E-state index in [4.69, 9.17) is 5.73 Å². The number of nitrogens with zero attached hydrogens (tertiary/aromatic N) is 2. The molecule has 1 aromatic rings. The summed E-state index contributed by atoms with van der Waals surface area (Å²) in [5.74, 6) is -7.07. The van der Waals surface area contributed by atoms with Crippen LogP contribution in [0, 0.1) is 11.8 Å². The minimum Gasteiger partial charge on any atom is -0.508 e. The number of hydrogen-bond acceptors (Lipinski definition) is 11. The molecule has 12 heteroatoms. The average Bonchev–Trinajstić information content (AvgIpc) is 2.82. The summed E-state index contributed by atoms with van der Waals surface area (Å²) >= 11 is 0. The molecule has 1 aromatic carbocycles. The molecule has 8 N–H and O–H groups in total. The number of aromatic hydroxyl groups is 1. The molecule has 12 nitrogen and oxygen atoms in total. The van der Waals surface area contributed by atoms with Crippen LogP contribution in [0.1, 0.15) is 37.3 Å². The summed E-state index contributed by atoms with van der Waals surface area (Å²) in [6, 6.07) is 0.503. The smallest absolute Gasteiger partial charge is 0.255 e. The van der Waals surface area contributed by atoms with Crippen molar-refractivity contribution in [1.82, 2.24) is 4.90 Å². The van der Waals surface area contributed by atoms with Gasteiger partial charge in [0.2, 0.25) is 5.78 Å². The number of nitrogens with two attached hydrogens (primary N) is 1. The number of nitrogens with one attached hydrogen (secondary N) is 1. The number of phenols is 1. The number of fused-ring (bicyclic) bond motifs is 3. The third-order valence-corrected chi connectivity index (χ3v) is 8.06. The number of phenolic OH excluding ortho intramolecular Hbond substituents is 1. The quantitative estimate of drug-likeness (QED) is 0.144. The zero-order valence-corrected chi connectivity index (χ0v) is 22.6. The number of amides is 1. The van der Waals surface area contributed by atoms with E-state index < -0.39 is 70.0 Å². The van der Waals surface area contributed by atoms with Gasteiger partial charge < -0.3 is 41.5 Å². The normalized spacial score (nSPS) is 27.2. The molecular weight excluding hydrogens is 508 g/mol. The Bertz CT molecular complexity index is 1320. The van der Waals surface area contributed by atoms with Gasteiger partial charge in [-0.05, 0) is 50.9 Å². The predicted molar refractivity (Wildman–Crippen MR) is 143 cm³/mol. The number of carbonyl (C=O) groups is 3. The lowest BCUT2D eigenvalue weighted by molar-refractivity contribution is -0.153. The number of aliphatic hydroxyl groups excluding tert-OH is 3. The number of hydrogen-bond donors (Lipinski definition) is 7. The maximum Gasteiger partial charge on any atom is 0.255 e. The third kappa shape index (κ3) is 4.14. The Balaban J connectivity index is 1.96.